The minimum absolute atomic E-state index is 0.613. The molecule has 0 saturated carbocycles. The molecule has 0 spiro atoms. The number of aryl methyl sites for hydroxylation is 1. The lowest BCUT2D eigenvalue weighted by molar-refractivity contribution is 0.882. The van der Waals surface area contributed by atoms with E-state index in [2.05, 4.69) is 53.3 Å². The third-order valence-corrected chi connectivity index (χ3v) is 4.71. The molecule has 3 aromatic rings. The van der Waals surface area contributed by atoms with Crippen molar-refractivity contribution in [1.29, 1.82) is 0 Å². The molecular formula is C19H20N4S. The SMILES string of the molecule is Cc1ccc(Sc2ncnc(N(C)Cc3ccccc3)c2N)cc1. The van der Waals surface area contributed by atoms with Gasteiger partial charge in [-0.1, -0.05) is 59.8 Å². The highest BCUT2D eigenvalue weighted by atomic mass is 32.2. The molecule has 2 N–H and O–H groups in total. The van der Waals surface area contributed by atoms with Crippen LogP contribution in [0, 0.1) is 6.92 Å². The maximum absolute atomic E-state index is 6.33. The van der Waals surface area contributed by atoms with Gasteiger partial charge in [0.15, 0.2) is 5.82 Å². The van der Waals surface area contributed by atoms with Crippen LogP contribution in [-0.2, 0) is 6.54 Å². The molecule has 4 nitrogen and oxygen atoms in total. The van der Waals surface area contributed by atoms with Crippen molar-refractivity contribution in [2.75, 3.05) is 17.7 Å². The number of hydrogen-bond acceptors (Lipinski definition) is 5. The fourth-order valence-corrected chi connectivity index (χ4v) is 3.20. The molecule has 122 valence electrons. The lowest BCUT2D eigenvalue weighted by Crippen LogP contribution is -2.19. The first kappa shape index (κ1) is 16.3. The zero-order valence-corrected chi connectivity index (χ0v) is 14.6. The molecule has 0 fully saturated rings. The van der Waals surface area contributed by atoms with E-state index in [4.69, 9.17) is 5.73 Å². The van der Waals surface area contributed by atoms with Crippen LogP contribution in [0.4, 0.5) is 11.5 Å². The van der Waals surface area contributed by atoms with Gasteiger partial charge in [0.25, 0.3) is 0 Å². The van der Waals surface area contributed by atoms with Crippen molar-refractivity contribution in [3.63, 3.8) is 0 Å². The van der Waals surface area contributed by atoms with Crippen molar-refractivity contribution >= 4 is 23.3 Å². The second-order valence-electron chi connectivity index (χ2n) is 5.67. The Morgan fingerprint density at radius 3 is 2.42 bits per heavy atom. The molecule has 0 atom stereocenters. The lowest BCUT2D eigenvalue weighted by atomic mass is 10.2. The van der Waals surface area contributed by atoms with Crippen LogP contribution in [0.1, 0.15) is 11.1 Å². The largest absolute Gasteiger partial charge is 0.394 e. The Morgan fingerprint density at radius 1 is 1.00 bits per heavy atom. The van der Waals surface area contributed by atoms with Gasteiger partial charge in [-0.25, -0.2) is 9.97 Å². The molecule has 3 rings (SSSR count). The number of hydrogen-bond donors (Lipinski definition) is 1. The average molecular weight is 336 g/mol. The molecule has 5 heteroatoms. The smallest absolute Gasteiger partial charge is 0.156 e. The van der Waals surface area contributed by atoms with E-state index in [-0.39, 0.29) is 0 Å². The van der Waals surface area contributed by atoms with E-state index in [0.29, 0.717) is 5.69 Å². The molecule has 0 saturated heterocycles. The first-order chi connectivity index (χ1) is 11.6. The molecule has 0 unspecified atom stereocenters. The van der Waals surface area contributed by atoms with E-state index in [1.165, 1.54) is 11.1 Å². The van der Waals surface area contributed by atoms with Gasteiger partial charge in [0.2, 0.25) is 0 Å². The van der Waals surface area contributed by atoms with Gasteiger partial charge in [-0.05, 0) is 24.6 Å². The Balaban J connectivity index is 1.81. The predicted molar refractivity (Wildman–Crippen MR) is 100 cm³/mol. The maximum atomic E-state index is 6.33. The molecule has 2 aromatic carbocycles. The fraction of sp³-hybridized carbons (Fsp3) is 0.158. The summed E-state index contributed by atoms with van der Waals surface area (Å²) in [6.07, 6.45) is 1.57. The van der Waals surface area contributed by atoms with Gasteiger partial charge < -0.3 is 10.6 Å². The Labute approximate surface area is 146 Å². The van der Waals surface area contributed by atoms with Gasteiger partial charge in [-0.3, -0.25) is 0 Å². The Kier molecular flexibility index (Phi) is 5.01. The van der Waals surface area contributed by atoms with E-state index in [9.17, 15) is 0 Å². The number of rotatable bonds is 5. The standard InChI is InChI=1S/C19H20N4S/c1-14-8-10-16(11-9-14)24-19-17(20)18(21-13-22-19)23(2)12-15-6-4-3-5-7-15/h3-11,13H,12,20H2,1-2H3. The Hall–Kier alpha value is -2.53. The molecule has 1 heterocycles. The zero-order chi connectivity index (χ0) is 16.9. The lowest BCUT2D eigenvalue weighted by Gasteiger charge is -2.20. The topological polar surface area (TPSA) is 55.0 Å². The molecule has 0 aliphatic carbocycles. The molecule has 0 radical (unpaired) electrons. The van der Waals surface area contributed by atoms with Crippen LogP contribution in [-0.4, -0.2) is 17.0 Å². The van der Waals surface area contributed by atoms with Gasteiger partial charge in [0.05, 0.1) is 0 Å². The van der Waals surface area contributed by atoms with Crippen molar-refractivity contribution in [2.24, 2.45) is 0 Å². The van der Waals surface area contributed by atoms with Crippen molar-refractivity contribution in [2.45, 2.75) is 23.4 Å². The summed E-state index contributed by atoms with van der Waals surface area (Å²) in [6, 6.07) is 18.6. The number of nitrogens with zero attached hydrogens (tertiary/aromatic N) is 3. The van der Waals surface area contributed by atoms with Crippen LogP contribution in [0.15, 0.2) is 70.8 Å². The second-order valence-corrected chi connectivity index (χ2v) is 6.74. The highest BCUT2D eigenvalue weighted by molar-refractivity contribution is 7.99. The third-order valence-electron chi connectivity index (χ3n) is 3.69. The van der Waals surface area contributed by atoms with Gasteiger partial charge in [-0.15, -0.1) is 0 Å². The van der Waals surface area contributed by atoms with Gasteiger partial charge in [-0.2, -0.15) is 0 Å². The molecule has 0 bridgehead atoms. The minimum atomic E-state index is 0.613. The highest BCUT2D eigenvalue weighted by Crippen LogP contribution is 2.34. The Bertz CT molecular complexity index is 803. The summed E-state index contributed by atoms with van der Waals surface area (Å²) < 4.78 is 0. The maximum Gasteiger partial charge on any atom is 0.156 e. The summed E-state index contributed by atoms with van der Waals surface area (Å²) >= 11 is 1.56. The average Bonchev–Trinajstić information content (AvgIpc) is 2.59. The van der Waals surface area contributed by atoms with Crippen molar-refractivity contribution < 1.29 is 0 Å². The van der Waals surface area contributed by atoms with Crippen LogP contribution < -0.4 is 10.6 Å². The summed E-state index contributed by atoms with van der Waals surface area (Å²) in [5, 5.41) is 0.781. The van der Waals surface area contributed by atoms with Gasteiger partial charge >= 0.3 is 0 Å². The molecule has 0 aliphatic heterocycles. The summed E-state index contributed by atoms with van der Waals surface area (Å²) in [5.41, 5.74) is 9.39. The van der Waals surface area contributed by atoms with Crippen molar-refractivity contribution in [1.82, 2.24) is 9.97 Å². The van der Waals surface area contributed by atoms with E-state index < -0.39 is 0 Å². The fourth-order valence-electron chi connectivity index (χ4n) is 2.41. The number of aromatic nitrogens is 2. The number of nitrogens with two attached hydrogens (primary N) is 1. The first-order valence-corrected chi connectivity index (χ1v) is 8.55. The van der Waals surface area contributed by atoms with Crippen LogP contribution in [0.5, 0.6) is 0 Å². The zero-order valence-electron chi connectivity index (χ0n) is 13.8. The van der Waals surface area contributed by atoms with Gasteiger partial charge in [0.1, 0.15) is 17.0 Å². The predicted octanol–water partition coefficient (Wildman–Crippen LogP) is 4.15. The normalized spacial score (nSPS) is 10.6. The quantitative estimate of drug-likeness (QED) is 0.709. The first-order valence-electron chi connectivity index (χ1n) is 7.73. The third kappa shape index (κ3) is 3.86. The van der Waals surface area contributed by atoms with Crippen LogP contribution in [0.2, 0.25) is 0 Å². The van der Waals surface area contributed by atoms with Crippen LogP contribution >= 0.6 is 11.8 Å². The van der Waals surface area contributed by atoms with Crippen LogP contribution in [0.25, 0.3) is 0 Å². The molecule has 1 aromatic heterocycles. The monoisotopic (exact) mass is 336 g/mol. The van der Waals surface area contributed by atoms with Crippen LogP contribution in [0.3, 0.4) is 0 Å². The number of anilines is 2. The summed E-state index contributed by atoms with van der Waals surface area (Å²) in [5.74, 6) is 0.753. The number of benzene rings is 2. The second kappa shape index (κ2) is 7.36. The number of nitrogen functional groups attached to an aromatic ring is 1. The van der Waals surface area contributed by atoms with Gasteiger partial charge in [0, 0.05) is 18.5 Å². The molecule has 0 amide bonds. The Morgan fingerprint density at radius 2 is 1.71 bits per heavy atom. The minimum Gasteiger partial charge on any atom is -0.394 e. The molecule has 0 aliphatic rings. The van der Waals surface area contributed by atoms with E-state index in [1.807, 2.05) is 30.1 Å². The van der Waals surface area contributed by atoms with Crippen molar-refractivity contribution in [3.05, 3.63) is 72.1 Å². The summed E-state index contributed by atoms with van der Waals surface area (Å²) in [6.45, 7) is 2.82. The van der Waals surface area contributed by atoms with E-state index in [0.717, 1.165) is 22.3 Å². The summed E-state index contributed by atoms with van der Waals surface area (Å²) in [7, 11) is 1.99. The highest BCUT2D eigenvalue weighted by Gasteiger charge is 2.13. The van der Waals surface area contributed by atoms with E-state index >= 15 is 0 Å². The van der Waals surface area contributed by atoms with E-state index in [1.54, 1.807) is 18.1 Å². The molecule has 24 heavy (non-hydrogen) atoms. The summed E-state index contributed by atoms with van der Waals surface area (Å²) in [4.78, 5) is 11.9. The molecular weight excluding hydrogens is 316 g/mol. The van der Waals surface area contributed by atoms with Crippen molar-refractivity contribution in [3.8, 4) is 0 Å².